The average molecular weight is 416 g/mol. The molecule has 2 N–H and O–H groups in total. The minimum atomic E-state index is -3.63. The highest BCUT2D eigenvalue weighted by molar-refractivity contribution is 7.89. The van der Waals surface area contributed by atoms with Crippen molar-refractivity contribution in [3.63, 3.8) is 0 Å². The molecule has 0 bridgehead atoms. The Kier molecular flexibility index (Phi) is 6.66. The van der Waals surface area contributed by atoms with Crippen LogP contribution in [0.1, 0.15) is 46.0 Å². The van der Waals surface area contributed by atoms with E-state index in [9.17, 15) is 18.0 Å². The third-order valence-electron chi connectivity index (χ3n) is 4.76. The lowest BCUT2D eigenvalue weighted by molar-refractivity contribution is 0.0792. The number of sulfonamides is 1. The summed E-state index contributed by atoms with van der Waals surface area (Å²) < 4.78 is 26.6. The summed E-state index contributed by atoms with van der Waals surface area (Å²) in [6, 6.07) is 13.1. The molecule has 1 aliphatic heterocycles. The zero-order valence-electron chi connectivity index (χ0n) is 16.3. The van der Waals surface area contributed by atoms with E-state index in [0.717, 1.165) is 31.5 Å². The van der Waals surface area contributed by atoms with E-state index in [4.69, 9.17) is 0 Å². The maximum absolute atomic E-state index is 12.5. The van der Waals surface area contributed by atoms with E-state index in [-0.39, 0.29) is 35.4 Å². The van der Waals surface area contributed by atoms with E-state index >= 15 is 0 Å². The van der Waals surface area contributed by atoms with Crippen LogP contribution in [0.3, 0.4) is 0 Å². The van der Waals surface area contributed by atoms with Crippen molar-refractivity contribution in [1.29, 1.82) is 0 Å². The van der Waals surface area contributed by atoms with E-state index in [2.05, 4.69) is 10.0 Å². The van der Waals surface area contributed by atoms with Crippen LogP contribution >= 0.6 is 0 Å². The highest BCUT2D eigenvalue weighted by Gasteiger charge is 2.19. The molecule has 0 radical (unpaired) electrons. The van der Waals surface area contributed by atoms with Gasteiger partial charge in [-0.05, 0) is 48.7 Å². The molecule has 0 aromatic heterocycles. The van der Waals surface area contributed by atoms with Gasteiger partial charge in [0.15, 0.2) is 0 Å². The largest absolute Gasteiger partial charge is 0.348 e. The van der Waals surface area contributed by atoms with Gasteiger partial charge in [0.2, 0.25) is 10.0 Å². The van der Waals surface area contributed by atoms with Crippen molar-refractivity contribution in [3.8, 4) is 0 Å². The fourth-order valence-electron chi connectivity index (χ4n) is 3.28. The average Bonchev–Trinajstić information content (AvgIpc) is 3.26. The Morgan fingerprint density at radius 2 is 1.69 bits per heavy atom. The van der Waals surface area contributed by atoms with Crippen LogP contribution in [0.5, 0.6) is 0 Å². The quantitative estimate of drug-likeness (QED) is 0.724. The molecule has 0 atom stereocenters. The number of hydrogen-bond acceptors (Lipinski definition) is 4. The first-order chi connectivity index (χ1) is 13.9. The summed E-state index contributed by atoms with van der Waals surface area (Å²) in [5, 5.41) is 2.78. The molecule has 2 aromatic carbocycles. The molecule has 3 rings (SSSR count). The van der Waals surface area contributed by atoms with Crippen LogP contribution in [-0.2, 0) is 16.6 Å². The van der Waals surface area contributed by atoms with Crippen LogP contribution in [0.25, 0.3) is 0 Å². The molecule has 1 heterocycles. The lowest BCUT2D eigenvalue weighted by Gasteiger charge is -2.15. The Bertz CT molecular complexity index is 998. The number of carbonyl (C=O) groups is 2. The summed E-state index contributed by atoms with van der Waals surface area (Å²) in [6.07, 6.45) is 2.06. The van der Waals surface area contributed by atoms with Gasteiger partial charge in [0.05, 0.1) is 4.90 Å². The van der Waals surface area contributed by atoms with Gasteiger partial charge in [-0.1, -0.05) is 25.1 Å². The Morgan fingerprint density at radius 3 is 2.41 bits per heavy atom. The second-order valence-corrected chi connectivity index (χ2v) is 8.68. The molecule has 2 aromatic rings. The molecular weight excluding hydrogens is 390 g/mol. The second-order valence-electron chi connectivity index (χ2n) is 6.91. The molecule has 1 saturated heterocycles. The van der Waals surface area contributed by atoms with Crippen LogP contribution < -0.4 is 10.0 Å². The SMILES string of the molecule is CCNS(=O)(=O)c1cccc(C(=O)NCc2cccc(C(=O)N3CCCC3)c2)c1. The summed E-state index contributed by atoms with van der Waals surface area (Å²) >= 11 is 0. The monoisotopic (exact) mass is 415 g/mol. The Hall–Kier alpha value is -2.71. The van der Waals surface area contributed by atoms with Crippen LogP contribution in [0, 0.1) is 0 Å². The van der Waals surface area contributed by atoms with E-state index in [1.54, 1.807) is 31.2 Å². The Morgan fingerprint density at radius 1 is 1.00 bits per heavy atom. The molecular formula is C21H25N3O4S. The van der Waals surface area contributed by atoms with Crippen molar-refractivity contribution in [1.82, 2.24) is 14.9 Å². The molecule has 154 valence electrons. The fraction of sp³-hybridized carbons (Fsp3) is 0.333. The lowest BCUT2D eigenvalue weighted by Crippen LogP contribution is -2.28. The van der Waals surface area contributed by atoms with Gasteiger partial charge in [0.1, 0.15) is 0 Å². The number of amides is 2. The zero-order valence-corrected chi connectivity index (χ0v) is 17.2. The Labute approximate surface area is 171 Å². The lowest BCUT2D eigenvalue weighted by atomic mass is 10.1. The van der Waals surface area contributed by atoms with Crippen molar-refractivity contribution < 1.29 is 18.0 Å². The first kappa shape index (κ1) is 21.0. The fourth-order valence-corrected chi connectivity index (χ4v) is 4.37. The minimum absolute atomic E-state index is 0.0111. The number of likely N-dealkylation sites (tertiary alicyclic amines) is 1. The second kappa shape index (κ2) is 9.19. The van der Waals surface area contributed by atoms with Crippen molar-refractivity contribution in [3.05, 3.63) is 65.2 Å². The summed E-state index contributed by atoms with van der Waals surface area (Å²) in [6.45, 7) is 3.77. The van der Waals surface area contributed by atoms with Crippen molar-refractivity contribution in [2.45, 2.75) is 31.2 Å². The highest BCUT2D eigenvalue weighted by atomic mass is 32.2. The first-order valence-electron chi connectivity index (χ1n) is 9.67. The summed E-state index contributed by atoms with van der Waals surface area (Å²) in [5.74, 6) is -0.369. The van der Waals surface area contributed by atoms with Crippen molar-refractivity contribution in [2.75, 3.05) is 19.6 Å². The number of carbonyl (C=O) groups excluding carboxylic acids is 2. The maximum atomic E-state index is 12.5. The predicted molar refractivity (Wildman–Crippen MR) is 110 cm³/mol. The van der Waals surface area contributed by atoms with E-state index in [1.165, 1.54) is 18.2 Å². The van der Waals surface area contributed by atoms with Crippen molar-refractivity contribution in [2.24, 2.45) is 0 Å². The van der Waals surface area contributed by atoms with Crippen molar-refractivity contribution >= 4 is 21.8 Å². The minimum Gasteiger partial charge on any atom is -0.348 e. The molecule has 29 heavy (non-hydrogen) atoms. The molecule has 7 nitrogen and oxygen atoms in total. The molecule has 0 saturated carbocycles. The number of rotatable bonds is 7. The van der Waals surface area contributed by atoms with Crippen LogP contribution in [0.15, 0.2) is 53.4 Å². The third-order valence-corrected chi connectivity index (χ3v) is 6.30. The van der Waals surface area contributed by atoms with Gasteiger partial charge in [-0.3, -0.25) is 9.59 Å². The number of nitrogens with one attached hydrogen (secondary N) is 2. The summed E-state index contributed by atoms with van der Waals surface area (Å²) in [5.41, 5.74) is 1.67. The topological polar surface area (TPSA) is 95.6 Å². The van der Waals surface area contributed by atoms with E-state index < -0.39 is 10.0 Å². The Balaban J connectivity index is 1.67. The van der Waals surface area contributed by atoms with Gasteiger partial charge in [0, 0.05) is 37.3 Å². The molecule has 2 amide bonds. The van der Waals surface area contributed by atoms with Gasteiger partial charge >= 0.3 is 0 Å². The highest BCUT2D eigenvalue weighted by Crippen LogP contribution is 2.15. The normalized spacial score (nSPS) is 14.0. The third kappa shape index (κ3) is 5.21. The molecule has 8 heteroatoms. The van der Waals surface area contributed by atoms with Crippen LogP contribution in [-0.4, -0.2) is 44.8 Å². The maximum Gasteiger partial charge on any atom is 0.253 e. The van der Waals surface area contributed by atoms with E-state index in [1.807, 2.05) is 11.0 Å². The van der Waals surface area contributed by atoms with Gasteiger partial charge < -0.3 is 10.2 Å². The smallest absolute Gasteiger partial charge is 0.253 e. The number of hydrogen-bond donors (Lipinski definition) is 2. The molecule has 0 spiro atoms. The standard InChI is InChI=1S/C21H25N3O4S/c1-2-23-29(27,28)19-10-6-8-17(14-19)20(25)22-15-16-7-5-9-18(13-16)21(26)24-11-3-4-12-24/h5-10,13-14,23H,2-4,11-12,15H2,1H3,(H,22,25). The van der Waals surface area contributed by atoms with Gasteiger partial charge in [-0.2, -0.15) is 0 Å². The van der Waals surface area contributed by atoms with Crippen LogP contribution in [0.4, 0.5) is 0 Å². The molecule has 1 fully saturated rings. The molecule has 0 aliphatic carbocycles. The van der Waals surface area contributed by atoms with Crippen LogP contribution in [0.2, 0.25) is 0 Å². The summed E-state index contributed by atoms with van der Waals surface area (Å²) in [7, 11) is -3.63. The first-order valence-corrected chi connectivity index (χ1v) is 11.1. The van der Waals surface area contributed by atoms with Gasteiger partial charge in [0.25, 0.3) is 11.8 Å². The molecule has 1 aliphatic rings. The van der Waals surface area contributed by atoms with Gasteiger partial charge in [-0.25, -0.2) is 13.1 Å². The number of benzene rings is 2. The number of nitrogens with zero attached hydrogens (tertiary/aromatic N) is 1. The zero-order chi connectivity index (χ0) is 20.9. The predicted octanol–water partition coefficient (Wildman–Crippen LogP) is 2.15. The molecule has 0 unspecified atom stereocenters. The summed E-state index contributed by atoms with van der Waals surface area (Å²) in [4.78, 5) is 26.9. The van der Waals surface area contributed by atoms with Gasteiger partial charge in [-0.15, -0.1) is 0 Å². The van der Waals surface area contributed by atoms with E-state index in [0.29, 0.717) is 5.56 Å².